The molecule has 0 saturated carbocycles. The molecule has 0 bridgehead atoms. The molecule has 1 aliphatic rings. The summed E-state index contributed by atoms with van der Waals surface area (Å²) in [5.74, 6) is 2.49. The van der Waals surface area contributed by atoms with Crippen LogP contribution in [0.4, 0.5) is 11.5 Å². The molecule has 5 heteroatoms. The van der Waals surface area contributed by atoms with Crippen LogP contribution in [0.1, 0.15) is 31.4 Å². The van der Waals surface area contributed by atoms with Crippen molar-refractivity contribution in [1.29, 1.82) is 0 Å². The van der Waals surface area contributed by atoms with Gasteiger partial charge in [0.25, 0.3) is 0 Å². The molecule has 2 atom stereocenters. The minimum absolute atomic E-state index is 0.611. The summed E-state index contributed by atoms with van der Waals surface area (Å²) in [5.41, 5.74) is 3.38. The number of aromatic nitrogens is 1. The van der Waals surface area contributed by atoms with Crippen molar-refractivity contribution in [2.24, 2.45) is 11.8 Å². The summed E-state index contributed by atoms with van der Waals surface area (Å²) in [4.78, 5) is 7.01. The molecule has 1 aromatic heterocycles. The SMILES string of the molecule is Cc1ccc(CNC(=S)Nc2ccc(N3C[C@H](C)C[C@@H](C)C3)nc2)cc1. The average molecular weight is 369 g/mol. The number of thiocarbonyl (C=S) groups is 1. The van der Waals surface area contributed by atoms with Crippen molar-refractivity contribution < 1.29 is 0 Å². The zero-order valence-corrected chi connectivity index (χ0v) is 16.6. The van der Waals surface area contributed by atoms with Crippen LogP contribution < -0.4 is 15.5 Å². The number of hydrogen-bond acceptors (Lipinski definition) is 3. The Balaban J connectivity index is 1.52. The average Bonchev–Trinajstić information content (AvgIpc) is 2.61. The summed E-state index contributed by atoms with van der Waals surface area (Å²) in [7, 11) is 0. The lowest BCUT2D eigenvalue weighted by atomic mass is 9.92. The maximum atomic E-state index is 5.39. The van der Waals surface area contributed by atoms with E-state index in [1.807, 2.05) is 12.3 Å². The Labute approximate surface area is 162 Å². The molecule has 0 amide bonds. The van der Waals surface area contributed by atoms with Gasteiger partial charge in [0.05, 0.1) is 11.9 Å². The Morgan fingerprint density at radius 3 is 2.42 bits per heavy atom. The van der Waals surface area contributed by atoms with Gasteiger partial charge in [-0.05, 0) is 55.1 Å². The Morgan fingerprint density at radius 1 is 1.12 bits per heavy atom. The van der Waals surface area contributed by atoms with Gasteiger partial charge in [0, 0.05) is 19.6 Å². The normalized spacial score (nSPS) is 19.9. The summed E-state index contributed by atoms with van der Waals surface area (Å²) in [5, 5.41) is 7.06. The molecular weight excluding hydrogens is 340 g/mol. The monoisotopic (exact) mass is 368 g/mol. The smallest absolute Gasteiger partial charge is 0.171 e. The Bertz CT molecular complexity index is 717. The van der Waals surface area contributed by atoms with Crippen LogP contribution in [0.2, 0.25) is 0 Å². The number of pyridine rings is 1. The minimum atomic E-state index is 0.611. The highest BCUT2D eigenvalue weighted by Crippen LogP contribution is 2.25. The lowest BCUT2D eigenvalue weighted by Crippen LogP contribution is -2.39. The van der Waals surface area contributed by atoms with Crippen molar-refractivity contribution in [3.63, 3.8) is 0 Å². The molecule has 1 aliphatic heterocycles. The summed E-state index contributed by atoms with van der Waals surface area (Å²) >= 11 is 5.39. The van der Waals surface area contributed by atoms with Gasteiger partial charge in [0.15, 0.2) is 5.11 Å². The van der Waals surface area contributed by atoms with E-state index >= 15 is 0 Å². The summed E-state index contributed by atoms with van der Waals surface area (Å²) in [6.45, 7) is 9.60. The third-order valence-corrected chi connectivity index (χ3v) is 5.02. The largest absolute Gasteiger partial charge is 0.358 e. The maximum Gasteiger partial charge on any atom is 0.171 e. The van der Waals surface area contributed by atoms with Gasteiger partial charge in [-0.15, -0.1) is 0 Å². The summed E-state index contributed by atoms with van der Waals surface area (Å²) < 4.78 is 0. The third kappa shape index (κ3) is 5.18. The van der Waals surface area contributed by atoms with Crippen LogP contribution in [0.5, 0.6) is 0 Å². The van der Waals surface area contributed by atoms with E-state index in [1.54, 1.807) is 0 Å². The van der Waals surface area contributed by atoms with Crippen LogP contribution in [0.3, 0.4) is 0 Å². The molecule has 4 nitrogen and oxygen atoms in total. The molecular formula is C21H28N4S. The first-order valence-corrected chi connectivity index (χ1v) is 9.72. The maximum absolute atomic E-state index is 5.39. The van der Waals surface area contributed by atoms with Gasteiger partial charge in [-0.2, -0.15) is 0 Å². The van der Waals surface area contributed by atoms with Gasteiger partial charge >= 0.3 is 0 Å². The molecule has 2 heterocycles. The lowest BCUT2D eigenvalue weighted by molar-refractivity contribution is 0.355. The van der Waals surface area contributed by atoms with Crippen molar-refractivity contribution in [2.75, 3.05) is 23.3 Å². The van der Waals surface area contributed by atoms with Gasteiger partial charge in [-0.3, -0.25) is 0 Å². The zero-order chi connectivity index (χ0) is 18.5. The van der Waals surface area contributed by atoms with Gasteiger partial charge in [0.1, 0.15) is 5.82 Å². The fourth-order valence-corrected chi connectivity index (χ4v) is 3.75. The lowest BCUT2D eigenvalue weighted by Gasteiger charge is -2.35. The molecule has 3 rings (SSSR count). The van der Waals surface area contributed by atoms with Crippen LogP contribution in [-0.2, 0) is 6.54 Å². The van der Waals surface area contributed by atoms with Gasteiger partial charge < -0.3 is 15.5 Å². The number of nitrogens with zero attached hydrogens (tertiary/aromatic N) is 2. The Kier molecular flexibility index (Phi) is 6.09. The second kappa shape index (κ2) is 8.49. The van der Waals surface area contributed by atoms with Gasteiger partial charge in [0.2, 0.25) is 0 Å². The van der Waals surface area contributed by atoms with E-state index in [4.69, 9.17) is 12.2 Å². The number of benzene rings is 1. The van der Waals surface area contributed by atoms with Crippen LogP contribution >= 0.6 is 12.2 Å². The first kappa shape index (κ1) is 18.6. The molecule has 26 heavy (non-hydrogen) atoms. The van der Waals surface area contributed by atoms with Crippen LogP contribution in [0, 0.1) is 18.8 Å². The number of aryl methyl sites for hydroxylation is 1. The number of rotatable bonds is 4. The topological polar surface area (TPSA) is 40.2 Å². The Hall–Kier alpha value is -2.14. The number of nitrogens with one attached hydrogen (secondary N) is 2. The standard InChI is InChI=1S/C21H28N4S/c1-15-4-6-18(7-5-15)11-23-21(26)24-19-8-9-20(22-12-19)25-13-16(2)10-17(3)14-25/h4-9,12,16-17H,10-11,13-14H2,1-3H3,(H2,23,24,26)/t16-,17-/m1/s1. The molecule has 0 aliphatic carbocycles. The van der Waals surface area contributed by atoms with Crippen molar-refractivity contribution in [1.82, 2.24) is 10.3 Å². The molecule has 0 spiro atoms. The fourth-order valence-electron chi connectivity index (χ4n) is 3.56. The molecule has 1 aromatic carbocycles. The van der Waals surface area contributed by atoms with Crippen molar-refractivity contribution in [3.8, 4) is 0 Å². The number of piperidine rings is 1. The molecule has 1 saturated heterocycles. The molecule has 138 valence electrons. The van der Waals surface area contributed by atoms with E-state index in [2.05, 4.69) is 71.6 Å². The Morgan fingerprint density at radius 2 is 1.81 bits per heavy atom. The van der Waals surface area contributed by atoms with E-state index in [-0.39, 0.29) is 0 Å². The quantitative estimate of drug-likeness (QED) is 0.785. The first-order chi connectivity index (χ1) is 12.5. The molecule has 1 fully saturated rings. The summed E-state index contributed by atoms with van der Waals surface area (Å²) in [6.07, 6.45) is 3.16. The van der Waals surface area contributed by atoms with Gasteiger partial charge in [-0.25, -0.2) is 4.98 Å². The zero-order valence-electron chi connectivity index (χ0n) is 15.8. The molecule has 0 unspecified atom stereocenters. The first-order valence-electron chi connectivity index (χ1n) is 9.31. The fraction of sp³-hybridized carbons (Fsp3) is 0.429. The number of anilines is 2. The second-order valence-corrected chi connectivity index (χ2v) is 7.96. The highest BCUT2D eigenvalue weighted by atomic mass is 32.1. The van der Waals surface area contributed by atoms with Crippen molar-refractivity contribution in [3.05, 3.63) is 53.7 Å². The van der Waals surface area contributed by atoms with Crippen LogP contribution in [-0.4, -0.2) is 23.2 Å². The molecule has 2 aromatic rings. The predicted octanol–water partition coefficient (Wildman–Crippen LogP) is 4.36. The minimum Gasteiger partial charge on any atom is -0.358 e. The van der Waals surface area contributed by atoms with E-state index in [1.165, 1.54) is 17.5 Å². The highest BCUT2D eigenvalue weighted by Gasteiger charge is 2.22. The van der Waals surface area contributed by atoms with Crippen LogP contribution in [0.25, 0.3) is 0 Å². The van der Waals surface area contributed by atoms with Crippen molar-refractivity contribution >= 4 is 28.8 Å². The summed E-state index contributed by atoms with van der Waals surface area (Å²) in [6, 6.07) is 12.6. The van der Waals surface area contributed by atoms with E-state index in [0.717, 1.165) is 36.4 Å². The highest BCUT2D eigenvalue weighted by molar-refractivity contribution is 7.80. The van der Waals surface area contributed by atoms with E-state index in [0.29, 0.717) is 11.7 Å². The third-order valence-electron chi connectivity index (χ3n) is 4.77. The van der Waals surface area contributed by atoms with Crippen LogP contribution in [0.15, 0.2) is 42.6 Å². The molecule has 0 radical (unpaired) electrons. The van der Waals surface area contributed by atoms with Gasteiger partial charge in [-0.1, -0.05) is 43.7 Å². The second-order valence-electron chi connectivity index (χ2n) is 7.55. The van der Waals surface area contributed by atoms with Crippen molar-refractivity contribution in [2.45, 2.75) is 33.7 Å². The number of hydrogen-bond donors (Lipinski definition) is 2. The van der Waals surface area contributed by atoms with E-state index < -0.39 is 0 Å². The van der Waals surface area contributed by atoms with E-state index in [9.17, 15) is 0 Å². The molecule has 2 N–H and O–H groups in total. The predicted molar refractivity (Wildman–Crippen MR) is 114 cm³/mol.